The molecular formula is C49H62N10O2. The summed E-state index contributed by atoms with van der Waals surface area (Å²) in [6.45, 7) is 14.8. The summed E-state index contributed by atoms with van der Waals surface area (Å²) < 4.78 is 0. The number of benzene rings is 2. The second-order valence-electron chi connectivity index (χ2n) is 15.2. The lowest BCUT2D eigenvalue weighted by molar-refractivity contribution is 0.0698. The van der Waals surface area contributed by atoms with E-state index in [0.717, 1.165) is 96.5 Å². The van der Waals surface area contributed by atoms with Gasteiger partial charge < -0.3 is 20.4 Å². The molecule has 0 saturated carbocycles. The summed E-state index contributed by atoms with van der Waals surface area (Å²) in [6.07, 6.45) is 8.55. The zero-order valence-electron chi connectivity index (χ0n) is 36.3. The Morgan fingerprint density at radius 2 is 1.13 bits per heavy atom. The van der Waals surface area contributed by atoms with Crippen LogP contribution in [0.25, 0.3) is 0 Å². The molecular weight excluding hydrogens is 761 g/mol. The number of likely N-dealkylation sites (tertiary alicyclic amines) is 2. The van der Waals surface area contributed by atoms with Gasteiger partial charge in [0.25, 0.3) is 11.8 Å². The van der Waals surface area contributed by atoms with Crippen LogP contribution in [0.4, 0.5) is 23.3 Å². The summed E-state index contributed by atoms with van der Waals surface area (Å²) >= 11 is 0. The van der Waals surface area contributed by atoms with E-state index in [9.17, 15) is 9.59 Å². The predicted molar refractivity (Wildman–Crippen MR) is 247 cm³/mol. The molecule has 2 unspecified atom stereocenters. The Morgan fingerprint density at radius 1 is 0.623 bits per heavy atom. The van der Waals surface area contributed by atoms with Gasteiger partial charge in [-0.2, -0.15) is 0 Å². The van der Waals surface area contributed by atoms with E-state index in [4.69, 9.17) is 0 Å². The first-order valence-electron chi connectivity index (χ1n) is 21.5. The minimum atomic E-state index is 0. The molecule has 0 bridgehead atoms. The Hall–Kier alpha value is -6.56. The van der Waals surface area contributed by atoms with E-state index in [-0.39, 0.29) is 26.5 Å². The van der Waals surface area contributed by atoms with Crippen molar-refractivity contribution in [3.63, 3.8) is 0 Å². The van der Waals surface area contributed by atoms with Gasteiger partial charge in [0.2, 0.25) is 0 Å². The number of hydrogen-bond acceptors (Lipinski definition) is 10. The maximum Gasteiger partial charge on any atom is 0.253 e. The van der Waals surface area contributed by atoms with E-state index in [2.05, 4.69) is 47.5 Å². The Morgan fingerprint density at radius 3 is 1.61 bits per heavy atom. The number of nitrogens with zero attached hydrogens (tertiary/aromatic N) is 8. The van der Waals surface area contributed by atoms with Crippen LogP contribution in [0, 0.1) is 20.8 Å². The molecule has 12 nitrogen and oxygen atoms in total. The topological polar surface area (TPSA) is 142 Å². The molecule has 2 N–H and O–H groups in total. The summed E-state index contributed by atoms with van der Waals surface area (Å²) in [5, 5.41) is 6.58. The number of rotatable bonds is 9. The van der Waals surface area contributed by atoms with Crippen LogP contribution >= 0.6 is 0 Å². The van der Waals surface area contributed by atoms with Crippen molar-refractivity contribution in [2.24, 2.45) is 0 Å². The molecule has 6 heterocycles. The number of hydrogen-bond donors (Lipinski definition) is 2. The van der Waals surface area contributed by atoms with Crippen LogP contribution in [0.3, 0.4) is 0 Å². The Bertz CT molecular complexity index is 2350. The van der Waals surface area contributed by atoms with Crippen LogP contribution in [0.1, 0.15) is 116 Å². The molecule has 0 aliphatic carbocycles. The molecule has 320 valence electrons. The quantitative estimate of drug-likeness (QED) is 0.145. The Labute approximate surface area is 363 Å². The number of anilines is 4. The minimum Gasteiger partial charge on any atom is -0.338 e. The third kappa shape index (κ3) is 12.3. The third-order valence-corrected chi connectivity index (χ3v) is 10.7. The molecule has 8 rings (SSSR count). The SMILES string of the molecule is CC.CCc1ccnc(Nc2cc(C3CCCN(C(=O)c4ccccc4)C3)nc(C)n2)c1.Cc1ccc(Nc2cc(C3CCCN(C(=O)c4ccccc4)C3)nc(C)n2)nc1.[HH].[HH]. The fourth-order valence-corrected chi connectivity index (χ4v) is 7.63. The van der Waals surface area contributed by atoms with Crippen molar-refractivity contribution in [1.82, 2.24) is 39.7 Å². The highest BCUT2D eigenvalue weighted by Crippen LogP contribution is 2.30. The van der Waals surface area contributed by atoms with E-state index in [1.165, 1.54) is 5.56 Å². The first-order chi connectivity index (χ1) is 29.7. The molecule has 2 aliphatic rings. The van der Waals surface area contributed by atoms with Gasteiger partial charge in [0.1, 0.15) is 34.9 Å². The van der Waals surface area contributed by atoms with Gasteiger partial charge in [-0.1, -0.05) is 63.2 Å². The zero-order valence-corrected chi connectivity index (χ0v) is 36.3. The second-order valence-corrected chi connectivity index (χ2v) is 15.2. The molecule has 2 atom stereocenters. The van der Waals surface area contributed by atoms with E-state index in [1.54, 1.807) is 0 Å². The normalized spacial score (nSPS) is 16.0. The third-order valence-electron chi connectivity index (χ3n) is 10.7. The lowest BCUT2D eigenvalue weighted by Crippen LogP contribution is -2.39. The van der Waals surface area contributed by atoms with Gasteiger partial charge in [0, 0.05) is 76.5 Å². The summed E-state index contributed by atoms with van der Waals surface area (Å²) in [5.74, 6) is 5.01. The molecule has 2 aromatic carbocycles. The number of carbonyl (C=O) groups excluding carboxylic acids is 2. The van der Waals surface area contributed by atoms with Gasteiger partial charge in [0.05, 0.1) is 11.4 Å². The smallest absolute Gasteiger partial charge is 0.253 e. The van der Waals surface area contributed by atoms with E-state index < -0.39 is 0 Å². The molecule has 2 saturated heterocycles. The lowest BCUT2D eigenvalue weighted by atomic mass is 9.94. The van der Waals surface area contributed by atoms with Crippen molar-refractivity contribution in [2.45, 2.75) is 85.5 Å². The Balaban J connectivity index is 0.000000258. The number of pyridine rings is 2. The summed E-state index contributed by atoms with van der Waals surface area (Å²) in [7, 11) is 0. The number of aryl methyl sites for hydroxylation is 4. The number of carbonyl (C=O) groups is 2. The van der Waals surface area contributed by atoms with Gasteiger partial charge in [0.15, 0.2) is 0 Å². The van der Waals surface area contributed by atoms with E-state index in [0.29, 0.717) is 24.7 Å². The maximum atomic E-state index is 12.9. The van der Waals surface area contributed by atoms with Gasteiger partial charge >= 0.3 is 0 Å². The highest BCUT2D eigenvalue weighted by Gasteiger charge is 2.28. The van der Waals surface area contributed by atoms with Crippen LogP contribution in [-0.4, -0.2) is 77.7 Å². The molecule has 4 aromatic heterocycles. The van der Waals surface area contributed by atoms with Crippen molar-refractivity contribution >= 4 is 35.1 Å². The average molecular weight is 823 g/mol. The van der Waals surface area contributed by atoms with Gasteiger partial charge in [-0.15, -0.1) is 0 Å². The first-order valence-corrected chi connectivity index (χ1v) is 21.5. The molecule has 2 aliphatic heterocycles. The molecule has 2 fully saturated rings. The van der Waals surface area contributed by atoms with Crippen molar-refractivity contribution in [3.8, 4) is 0 Å². The van der Waals surface area contributed by atoms with E-state index >= 15 is 0 Å². The zero-order chi connectivity index (χ0) is 43.1. The number of amides is 2. The van der Waals surface area contributed by atoms with Crippen molar-refractivity contribution < 1.29 is 12.4 Å². The second kappa shape index (κ2) is 21.6. The predicted octanol–water partition coefficient (Wildman–Crippen LogP) is 10.3. The van der Waals surface area contributed by atoms with Crippen LogP contribution in [0.15, 0.2) is 109 Å². The van der Waals surface area contributed by atoms with Gasteiger partial charge in [-0.25, -0.2) is 29.9 Å². The minimum absolute atomic E-state index is 0. The standard InChI is InChI=1S/C24H27N5O.C23H25N5O.C2H6.2H2/c1-3-18-11-12-25-22(14-18)28-23-15-21(26-17(2)27-23)20-10-7-13-29(16-20)24(30)19-8-5-4-6-9-19;1-16-10-11-21(24-14-16)27-22-13-20(25-17(2)26-22)19-9-6-12-28(15-19)23(29)18-7-4-3-5-8-18;1-2;;/h4-6,8-9,11-12,14-15,20H,3,7,10,13,16H2,1-2H3,(H,25,26,27,28);3-5,7-8,10-11,13-14,19H,6,9,12,15H2,1-2H3,(H,24,25,26,27);1-2H3;2*1H. The largest absolute Gasteiger partial charge is 0.338 e. The molecule has 0 radical (unpaired) electrons. The van der Waals surface area contributed by atoms with Crippen LogP contribution < -0.4 is 10.6 Å². The number of aromatic nitrogens is 6. The van der Waals surface area contributed by atoms with Crippen molar-refractivity contribution in [1.29, 1.82) is 0 Å². The molecule has 12 heteroatoms. The summed E-state index contributed by atoms with van der Waals surface area (Å²) in [4.78, 5) is 56.8. The monoisotopic (exact) mass is 823 g/mol. The highest BCUT2D eigenvalue weighted by molar-refractivity contribution is 5.94. The molecule has 2 amide bonds. The number of piperidine rings is 2. The van der Waals surface area contributed by atoms with Gasteiger partial charge in [-0.3, -0.25) is 9.59 Å². The first kappa shape index (κ1) is 44.0. The summed E-state index contributed by atoms with van der Waals surface area (Å²) in [5.41, 5.74) is 5.75. The van der Waals surface area contributed by atoms with Crippen LogP contribution in [0.5, 0.6) is 0 Å². The fourth-order valence-electron chi connectivity index (χ4n) is 7.63. The molecule has 6 aromatic rings. The van der Waals surface area contributed by atoms with Crippen molar-refractivity contribution in [3.05, 3.63) is 155 Å². The fraction of sp³-hybridized carbons (Fsp3) is 0.347. The Kier molecular flexibility index (Phi) is 15.6. The molecule has 61 heavy (non-hydrogen) atoms. The highest BCUT2D eigenvalue weighted by atomic mass is 16.2. The maximum absolute atomic E-state index is 12.9. The molecule has 0 spiro atoms. The van der Waals surface area contributed by atoms with E-state index in [1.807, 2.05) is 154 Å². The van der Waals surface area contributed by atoms with Crippen molar-refractivity contribution in [2.75, 3.05) is 36.8 Å². The van der Waals surface area contributed by atoms with Gasteiger partial charge in [-0.05, 0) is 106 Å². The lowest BCUT2D eigenvalue weighted by Gasteiger charge is -2.32. The number of nitrogens with one attached hydrogen (secondary N) is 2. The summed E-state index contributed by atoms with van der Waals surface area (Å²) in [6, 6.07) is 30.9. The van der Waals surface area contributed by atoms with Crippen LogP contribution in [-0.2, 0) is 6.42 Å². The van der Waals surface area contributed by atoms with Crippen LogP contribution in [0.2, 0.25) is 0 Å². The average Bonchev–Trinajstić information content (AvgIpc) is 3.30.